The van der Waals surface area contributed by atoms with Gasteiger partial charge in [0.1, 0.15) is 5.54 Å². The van der Waals surface area contributed by atoms with Gasteiger partial charge in [-0.15, -0.1) is 0 Å². The first-order valence-corrected chi connectivity index (χ1v) is 5.83. The van der Waals surface area contributed by atoms with Crippen LogP contribution in [0, 0.1) is 5.92 Å². The molecule has 0 aromatic rings. The van der Waals surface area contributed by atoms with Crippen LogP contribution in [0.4, 0.5) is 0 Å². The summed E-state index contributed by atoms with van der Waals surface area (Å²) in [6, 6.07) is 0. The quantitative estimate of drug-likeness (QED) is 0.275. The molecule has 0 aliphatic carbocycles. The zero-order valence-electron chi connectivity index (χ0n) is 10.0. The number of hydrogen-bond acceptors (Lipinski definition) is 4. The molecule has 1 fully saturated rings. The number of nitrogens with zero attached hydrogens (tertiary/aromatic N) is 3. The summed E-state index contributed by atoms with van der Waals surface area (Å²) in [4.78, 5) is 14.1. The predicted octanol–water partition coefficient (Wildman–Crippen LogP) is 0.729. The maximum absolute atomic E-state index is 11.4. The maximum Gasteiger partial charge on any atom is 0.324 e. The molecule has 0 bridgehead atoms. The van der Waals surface area contributed by atoms with Crippen molar-refractivity contribution in [3.63, 3.8) is 0 Å². The van der Waals surface area contributed by atoms with Crippen molar-refractivity contribution < 1.29 is 9.90 Å². The van der Waals surface area contributed by atoms with Crippen LogP contribution in [0.2, 0.25) is 0 Å². The van der Waals surface area contributed by atoms with Crippen LogP contribution >= 0.6 is 0 Å². The maximum atomic E-state index is 11.4. The Hall–Kier alpha value is -1.30. The van der Waals surface area contributed by atoms with Gasteiger partial charge in [-0.3, -0.25) is 4.79 Å². The largest absolute Gasteiger partial charge is 0.480 e. The minimum atomic E-state index is -0.846. The topological polar surface area (TPSA) is 110 Å². The molecule has 17 heavy (non-hydrogen) atoms. The van der Waals surface area contributed by atoms with Crippen molar-refractivity contribution in [2.24, 2.45) is 11.0 Å². The van der Waals surface area contributed by atoms with Crippen molar-refractivity contribution in [3.05, 3.63) is 10.4 Å². The van der Waals surface area contributed by atoms with E-state index < -0.39 is 11.5 Å². The van der Waals surface area contributed by atoms with Crippen LogP contribution in [0.15, 0.2) is 5.11 Å². The van der Waals surface area contributed by atoms with Crippen LogP contribution < -0.4 is 10.6 Å². The zero-order valence-corrected chi connectivity index (χ0v) is 10.0. The summed E-state index contributed by atoms with van der Waals surface area (Å²) in [5.74, 6) is -0.761. The second-order valence-corrected chi connectivity index (χ2v) is 4.37. The SMILES string of the molecule is CC1CNCCC1(NCCCN=[N+]=[N-])C(=O)O. The molecule has 1 aliphatic rings. The Morgan fingerprint density at radius 2 is 2.53 bits per heavy atom. The number of azide groups is 1. The summed E-state index contributed by atoms with van der Waals surface area (Å²) >= 11 is 0. The highest BCUT2D eigenvalue weighted by Gasteiger charge is 2.44. The minimum absolute atomic E-state index is 0.0354. The highest BCUT2D eigenvalue weighted by molar-refractivity contribution is 5.79. The average Bonchev–Trinajstić information content (AvgIpc) is 2.31. The number of nitrogens with one attached hydrogen (secondary N) is 2. The molecule has 0 aromatic heterocycles. The Morgan fingerprint density at radius 3 is 3.12 bits per heavy atom. The molecule has 0 spiro atoms. The number of aliphatic carboxylic acids is 1. The van der Waals surface area contributed by atoms with Crippen molar-refractivity contribution in [1.29, 1.82) is 0 Å². The van der Waals surface area contributed by atoms with E-state index in [9.17, 15) is 9.90 Å². The standard InChI is InChI=1S/C10H19N5O2/c1-8-7-12-6-3-10(8,9(16)17)13-4-2-5-14-15-11/h8,12-13H,2-7H2,1H3,(H,16,17). The van der Waals surface area contributed by atoms with Gasteiger partial charge in [0, 0.05) is 18.0 Å². The lowest BCUT2D eigenvalue weighted by molar-refractivity contribution is -0.148. The van der Waals surface area contributed by atoms with Crippen molar-refractivity contribution in [2.45, 2.75) is 25.3 Å². The molecule has 96 valence electrons. The van der Waals surface area contributed by atoms with Crippen LogP contribution in [-0.4, -0.2) is 42.8 Å². The van der Waals surface area contributed by atoms with Gasteiger partial charge in [-0.1, -0.05) is 12.0 Å². The third-order valence-corrected chi connectivity index (χ3v) is 3.31. The number of hydrogen-bond donors (Lipinski definition) is 3. The molecule has 1 saturated heterocycles. The Morgan fingerprint density at radius 1 is 1.76 bits per heavy atom. The minimum Gasteiger partial charge on any atom is -0.480 e. The van der Waals surface area contributed by atoms with E-state index in [2.05, 4.69) is 20.7 Å². The van der Waals surface area contributed by atoms with Gasteiger partial charge in [-0.25, -0.2) is 0 Å². The van der Waals surface area contributed by atoms with E-state index in [4.69, 9.17) is 5.53 Å². The van der Waals surface area contributed by atoms with E-state index >= 15 is 0 Å². The Bertz CT molecular complexity index is 316. The number of carboxylic acids is 1. The molecule has 2 unspecified atom stereocenters. The van der Waals surface area contributed by atoms with Gasteiger partial charge in [0.2, 0.25) is 0 Å². The fourth-order valence-electron chi connectivity index (χ4n) is 2.19. The monoisotopic (exact) mass is 241 g/mol. The lowest BCUT2D eigenvalue weighted by Crippen LogP contribution is -2.63. The summed E-state index contributed by atoms with van der Waals surface area (Å²) in [6.07, 6.45) is 1.23. The molecular weight excluding hydrogens is 222 g/mol. The smallest absolute Gasteiger partial charge is 0.324 e. The fraction of sp³-hybridized carbons (Fsp3) is 0.900. The Balaban J connectivity index is 2.53. The van der Waals surface area contributed by atoms with E-state index in [0.717, 1.165) is 0 Å². The second-order valence-electron chi connectivity index (χ2n) is 4.37. The van der Waals surface area contributed by atoms with Crippen molar-refractivity contribution in [3.8, 4) is 0 Å². The normalized spacial score (nSPS) is 28.4. The van der Waals surface area contributed by atoms with Gasteiger partial charge < -0.3 is 15.7 Å². The highest BCUT2D eigenvalue weighted by atomic mass is 16.4. The van der Waals surface area contributed by atoms with Gasteiger partial charge in [-0.05, 0) is 37.4 Å². The summed E-state index contributed by atoms with van der Waals surface area (Å²) in [5, 5.41) is 19.1. The predicted molar refractivity (Wildman–Crippen MR) is 63.7 cm³/mol. The van der Waals surface area contributed by atoms with Crippen LogP contribution in [0.1, 0.15) is 19.8 Å². The summed E-state index contributed by atoms with van der Waals surface area (Å²) in [7, 11) is 0. The Kier molecular flexibility index (Phi) is 5.21. The molecule has 0 radical (unpaired) electrons. The summed E-state index contributed by atoms with van der Waals surface area (Å²) in [6.45, 7) is 4.29. The van der Waals surface area contributed by atoms with Crippen LogP contribution in [0.5, 0.6) is 0 Å². The molecule has 0 aromatic carbocycles. The van der Waals surface area contributed by atoms with Crippen LogP contribution in [0.25, 0.3) is 10.4 Å². The molecule has 3 N–H and O–H groups in total. The first-order chi connectivity index (χ1) is 8.13. The summed E-state index contributed by atoms with van der Waals surface area (Å²) in [5.41, 5.74) is 7.29. The molecule has 2 atom stereocenters. The van der Waals surface area contributed by atoms with Gasteiger partial charge >= 0.3 is 5.97 Å². The van der Waals surface area contributed by atoms with E-state index in [1.807, 2.05) is 6.92 Å². The first kappa shape index (κ1) is 13.8. The van der Waals surface area contributed by atoms with E-state index in [0.29, 0.717) is 39.0 Å². The van der Waals surface area contributed by atoms with E-state index in [1.165, 1.54) is 0 Å². The number of rotatable bonds is 6. The number of piperidine rings is 1. The van der Waals surface area contributed by atoms with Gasteiger partial charge in [0.05, 0.1) is 0 Å². The van der Waals surface area contributed by atoms with Gasteiger partial charge in [-0.2, -0.15) is 0 Å². The third kappa shape index (κ3) is 3.33. The summed E-state index contributed by atoms with van der Waals surface area (Å²) < 4.78 is 0. The first-order valence-electron chi connectivity index (χ1n) is 5.83. The van der Waals surface area contributed by atoms with E-state index in [-0.39, 0.29) is 5.92 Å². The molecule has 7 heteroatoms. The van der Waals surface area contributed by atoms with Gasteiger partial charge in [0.25, 0.3) is 0 Å². The van der Waals surface area contributed by atoms with Crippen LogP contribution in [-0.2, 0) is 4.79 Å². The molecule has 1 heterocycles. The Labute approximate surface area is 100 Å². The lowest BCUT2D eigenvalue weighted by atomic mass is 9.79. The van der Waals surface area contributed by atoms with Crippen molar-refractivity contribution in [2.75, 3.05) is 26.2 Å². The number of carboxylic acid groups (broad SMARTS) is 1. The molecule has 7 nitrogen and oxygen atoms in total. The molecule has 0 saturated carbocycles. The molecule has 0 amide bonds. The van der Waals surface area contributed by atoms with E-state index in [1.54, 1.807) is 0 Å². The molecule has 1 aliphatic heterocycles. The average molecular weight is 241 g/mol. The van der Waals surface area contributed by atoms with Crippen molar-refractivity contribution >= 4 is 5.97 Å². The molecule has 1 rings (SSSR count). The zero-order chi connectivity index (χ0) is 12.7. The van der Waals surface area contributed by atoms with Gasteiger partial charge in [0.15, 0.2) is 0 Å². The molecular formula is C10H19N5O2. The van der Waals surface area contributed by atoms with Crippen LogP contribution in [0.3, 0.4) is 0 Å². The number of carbonyl (C=O) groups is 1. The van der Waals surface area contributed by atoms with Crippen molar-refractivity contribution in [1.82, 2.24) is 10.6 Å². The highest BCUT2D eigenvalue weighted by Crippen LogP contribution is 2.24. The fourth-order valence-corrected chi connectivity index (χ4v) is 2.19. The lowest BCUT2D eigenvalue weighted by Gasteiger charge is -2.40. The second kappa shape index (κ2) is 6.44. The third-order valence-electron chi connectivity index (χ3n) is 3.31.